The molecule has 1 fully saturated rings. The molecule has 3 rings (SSSR count). The van der Waals surface area contributed by atoms with E-state index in [4.69, 9.17) is 9.47 Å². The number of imide groups is 1. The first kappa shape index (κ1) is 21.2. The Hall–Kier alpha value is -3.55. The average molecular weight is 411 g/mol. The highest BCUT2D eigenvalue weighted by Crippen LogP contribution is 2.29. The maximum atomic E-state index is 12.7. The number of benzene rings is 2. The van der Waals surface area contributed by atoms with Gasteiger partial charge in [0.15, 0.2) is 0 Å². The fourth-order valence-electron chi connectivity index (χ4n) is 3.38. The molecule has 0 bridgehead atoms. The van der Waals surface area contributed by atoms with Crippen LogP contribution in [0.5, 0.6) is 11.5 Å². The minimum Gasteiger partial charge on any atom is -0.497 e. The highest BCUT2D eigenvalue weighted by molar-refractivity contribution is 6.05. The van der Waals surface area contributed by atoms with E-state index in [1.54, 1.807) is 32.2 Å². The van der Waals surface area contributed by atoms with Crippen molar-refractivity contribution in [3.05, 3.63) is 54.1 Å². The van der Waals surface area contributed by atoms with Gasteiger partial charge >= 0.3 is 6.03 Å². The highest BCUT2D eigenvalue weighted by Gasteiger charge is 2.40. The molecule has 1 aliphatic heterocycles. The normalized spacial score (nSPS) is 16.8. The van der Waals surface area contributed by atoms with Crippen molar-refractivity contribution >= 4 is 23.5 Å². The van der Waals surface area contributed by atoms with Crippen molar-refractivity contribution in [2.45, 2.75) is 31.8 Å². The van der Waals surface area contributed by atoms with Crippen molar-refractivity contribution in [1.29, 1.82) is 0 Å². The van der Waals surface area contributed by atoms with Crippen molar-refractivity contribution in [2.75, 3.05) is 19.5 Å². The first-order valence-electron chi connectivity index (χ1n) is 9.65. The van der Waals surface area contributed by atoms with Gasteiger partial charge in [-0.15, -0.1) is 0 Å². The van der Waals surface area contributed by atoms with Gasteiger partial charge in [0.2, 0.25) is 5.91 Å². The predicted molar refractivity (Wildman–Crippen MR) is 111 cm³/mol. The zero-order valence-corrected chi connectivity index (χ0v) is 17.2. The van der Waals surface area contributed by atoms with Crippen LogP contribution in [0.4, 0.5) is 10.5 Å². The standard InChI is InChI=1S/C22H25N3O5/c1-14(15-7-5-4-6-8-15)25-21(27)18(24-22(25)28)11-12-20(26)23-17-10-9-16(29-2)13-19(17)30-3/h4-10,13-14,18H,11-12H2,1-3H3,(H,23,26)(H,24,28)/t14-,18-/m0/s1. The third kappa shape index (κ3) is 4.53. The molecule has 1 saturated heterocycles. The Kier molecular flexibility index (Phi) is 6.56. The summed E-state index contributed by atoms with van der Waals surface area (Å²) < 4.78 is 10.4. The molecule has 30 heavy (non-hydrogen) atoms. The van der Waals surface area contributed by atoms with Crippen LogP contribution < -0.4 is 20.1 Å². The molecule has 1 aliphatic rings. The molecular formula is C22H25N3O5. The summed E-state index contributed by atoms with van der Waals surface area (Å²) in [5.41, 5.74) is 1.37. The Morgan fingerprint density at radius 1 is 1.13 bits per heavy atom. The highest BCUT2D eigenvalue weighted by atomic mass is 16.5. The monoisotopic (exact) mass is 411 g/mol. The lowest BCUT2D eigenvalue weighted by atomic mass is 10.1. The Labute approximate surface area is 175 Å². The number of amides is 4. The van der Waals surface area contributed by atoms with E-state index in [0.29, 0.717) is 17.2 Å². The molecule has 0 radical (unpaired) electrons. The number of rotatable bonds is 8. The van der Waals surface area contributed by atoms with Gasteiger partial charge in [-0.05, 0) is 31.0 Å². The summed E-state index contributed by atoms with van der Waals surface area (Å²) in [6, 6.07) is 12.8. The molecule has 0 spiro atoms. The minimum atomic E-state index is -0.729. The molecule has 8 nitrogen and oxygen atoms in total. The van der Waals surface area contributed by atoms with Crippen molar-refractivity contribution in [3.8, 4) is 11.5 Å². The molecule has 1 heterocycles. The number of nitrogens with zero attached hydrogens (tertiary/aromatic N) is 1. The molecular weight excluding hydrogens is 386 g/mol. The third-order valence-corrected chi connectivity index (χ3v) is 5.06. The number of hydrogen-bond donors (Lipinski definition) is 2. The van der Waals surface area contributed by atoms with Crippen LogP contribution in [0.15, 0.2) is 48.5 Å². The van der Waals surface area contributed by atoms with Crippen LogP contribution in [-0.4, -0.2) is 43.0 Å². The van der Waals surface area contributed by atoms with Crippen molar-refractivity contribution in [2.24, 2.45) is 0 Å². The lowest BCUT2D eigenvalue weighted by Crippen LogP contribution is -2.34. The number of methoxy groups -OCH3 is 2. The van der Waals surface area contributed by atoms with Crippen LogP contribution in [0.1, 0.15) is 31.4 Å². The lowest BCUT2D eigenvalue weighted by molar-refractivity contribution is -0.129. The molecule has 2 atom stereocenters. The Morgan fingerprint density at radius 3 is 2.53 bits per heavy atom. The van der Waals surface area contributed by atoms with Crippen LogP contribution in [0.2, 0.25) is 0 Å². The number of hydrogen-bond acceptors (Lipinski definition) is 5. The molecule has 8 heteroatoms. The summed E-state index contributed by atoms with van der Waals surface area (Å²) in [6.45, 7) is 1.80. The largest absolute Gasteiger partial charge is 0.497 e. The number of carbonyl (C=O) groups excluding carboxylic acids is 3. The average Bonchev–Trinajstić information content (AvgIpc) is 3.05. The fraction of sp³-hybridized carbons (Fsp3) is 0.318. The van der Waals surface area contributed by atoms with Crippen molar-refractivity contribution in [1.82, 2.24) is 10.2 Å². The molecule has 2 N–H and O–H groups in total. The van der Waals surface area contributed by atoms with E-state index < -0.39 is 12.1 Å². The lowest BCUT2D eigenvalue weighted by Gasteiger charge is -2.21. The smallest absolute Gasteiger partial charge is 0.325 e. The molecule has 0 aromatic heterocycles. The minimum absolute atomic E-state index is 0.0689. The SMILES string of the molecule is COc1ccc(NC(=O)CC[C@@H]2NC(=O)N([C@@H](C)c3ccccc3)C2=O)c(OC)c1. The van der Waals surface area contributed by atoms with E-state index in [1.165, 1.54) is 12.0 Å². The van der Waals surface area contributed by atoms with Gasteiger partial charge in [0.25, 0.3) is 5.91 Å². The number of anilines is 1. The number of nitrogens with one attached hydrogen (secondary N) is 2. The van der Waals surface area contributed by atoms with E-state index >= 15 is 0 Å². The van der Waals surface area contributed by atoms with Gasteiger partial charge in [0.1, 0.15) is 17.5 Å². The third-order valence-electron chi connectivity index (χ3n) is 5.06. The van der Waals surface area contributed by atoms with Gasteiger partial charge in [-0.2, -0.15) is 0 Å². The summed E-state index contributed by atoms with van der Waals surface area (Å²) in [6.07, 6.45) is 0.270. The first-order chi connectivity index (χ1) is 14.4. The maximum absolute atomic E-state index is 12.7. The quantitative estimate of drug-likeness (QED) is 0.651. The topological polar surface area (TPSA) is 97.0 Å². The summed E-state index contributed by atoms with van der Waals surface area (Å²) >= 11 is 0. The molecule has 2 aromatic carbocycles. The Bertz CT molecular complexity index is 932. The van der Waals surface area contributed by atoms with Crippen molar-refractivity contribution in [3.63, 3.8) is 0 Å². The Balaban J connectivity index is 1.59. The van der Waals surface area contributed by atoms with Gasteiger partial charge in [-0.25, -0.2) is 4.79 Å². The van der Waals surface area contributed by atoms with E-state index in [2.05, 4.69) is 10.6 Å². The fourth-order valence-corrected chi connectivity index (χ4v) is 3.38. The second kappa shape index (κ2) is 9.30. The van der Waals surface area contributed by atoms with Crippen LogP contribution in [0.25, 0.3) is 0 Å². The number of urea groups is 1. The van der Waals surface area contributed by atoms with E-state index in [0.717, 1.165) is 5.56 Å². The van der Waals surface area contributed by atoms with Gasteiger partial charge in [0, 0.05) is 12.5 Å². The van der Waals surface area contributed by atoms with Gasteiger partial charge in [-0.3, -0.25) is 14.5 Å². The van der Waals surface area contributed by atoms with Crippen LogP contribution in [-0.2, 0) is 9.59 Å². The van der Waals surface area contributed by atoms with Crippen LogP contribution >= 0.6 is 0 Å². The zero-order valence-electron chi connectivity index (χ0n) is 17.2. The maximum Gasteiger partial charge on any atom is 0.325 e. The van der Waals surface area contributed by atoms with Crippen LogP contribution in [0.3, 0.4) is 0 Å². The first-order valence-corrected chi connectivity index (χ1v) is 9.65. The second-order valence-electron chi connectivity index (χ2n) is 6.95. The predicted octanol–water partition coefficient (Wildman–Crippen LogP) is 3.10. The van der Waals surface area contributed by atoms with Gasteiger partial charge in [0.05, 0.1) is 25.9 Å². The van der Waals surface area contributed by atoms with E-state index in [-0.39, 0.29) is 30.7 Å². The Morgan fingerprint density at radius 2 is 1.87 bits per heavy atom. The molecule has 4 amide bonds. The van der Waals surface area contributed by atoms with Crippen molar-refractivity contribution < 1.29 is 23.9 Å². The molecule has 0 saturated carbocycles. The number of ether oxygens (including phenoxy) is 2. The van der Waals surface area contributed by atoms with Crippen LogP contribution in [0, 0.1) is 0 Å². The molecule has 2 aromatic rings. The second-order valence-corrected chi connectivity index (χ2v) is 6.95. The van der Waals surface area contributed by atoms with E-state index in [1.807, 2.05) is 30.3 Å². The summed E-state index contributed by atoms with van der Waals surface area (Å²) in [5, 5.41) is 5.44. The molecule has 0 unspecified atom stereocenters. The van der Waals surface area contributed by atoms with Gasteiger partial charge < -0.3 is 20.1 Å². The van der Waals surface area contributed by atoms with Gasteiger partial charge in [-0.1, -0.05) is 30.3 Å². The molecule has 158 valence electrons. The summed E-state index contributed by atoms with van der Waals surface area (Å²) in [7, 11) is 3.04. The molecule has 0 aliphatic carbocycles. The summed E-state index contributed by atoms with van der Waals surface area (Å²) in [5.74, 6) is 0.466. The number of carbonyl (C=O) groups is 3. The zero-order chi connectivity index (χ0) is 21.7. The summed E-state index contributed by atoms with van der Waals surface area (Å²) in [4.78, 5) is 38.7. The van der Waals surface area contributed by atoms with E-state index in [9.17, 15) is 14.4 Å².